The van der Waals surface area contributed by atoms with Gasteiger partial charge in [-0.1, -0.05) is 23.7 Å². The van der Waals surface area contributed by atoms with Crippen molar-refractivity contribution in [3.05, 3.63) is 64.3 Å². The number of pyridine rings is 1. The molecule has 0 radical (unpaired) electrons. The Kier molecular flexibility index (Phi) is 3.95. The SMILES string of the molecule is O=c1c2cnc3c(-c4ccc(Cl)cc4)cnn3c2ccn1C[C@@H]1CCCO1. The molecule has 7 heteroatoms. The van der Waals surface area contributed by atoms with Gasteiger partial charge in [0.1, 0.15) is 0 Å². The van der Waals surface area contributed by atoms with Gasteiger partial charge in [-0.15, -0.1) is 0 Å². The number of nitrogens with zero attached hydrogens (tertiary/aromatic N) is 4. The zero-order valence-corrected chi connectivity index (χ0v) is 15.3. The summed E-state index contributed by atoms with van der Waals surface area (Å²) < 4.78 is 9.08. The predicted molar refractivity (Wildman–Crippen MR) is 104 cm³/mol. The number of rotatable bonds is 3. The molecule has 6 nitrogen and oxygen atoms in total. The summed E-state index contributed by atoms with van der Waals surface area (Å²) in [6.45, 7) is 1.35. The highest BCUT2D eigenvalue weighted by atomic mass is 35.5. The summed E-state index contributed by atoms with van der Waals surface area (Å²) in [7, 11) is 0. The third kappa shape index (κ3) is 2.81. The summed E-state index contributed by atoms with van der Waals surface area (Å²) >= 11 is 5.98. The average molecular weight is 381 g/mol. The highest BCUT2D eigenvalue weighted by Crippen LogP contribution is 2.26. The lowest BCUT2D eigenvalue weighted by atomic mass is 10.1. The summed E-state index contributed by atoms with van der Waals surface area (Å²) in [6.07, 6.45) is 7.37. The molecule has 0 amide bonds. The molecular formula is C20H17ClN4O2. The summed E-state index contributed by atoms with van der Waals surface area (Å²) in [5.41, 5.74) is 3.26. The van der Waals surface area contributed by atoms with Gasteiger partial charge < -0.3 is 9.30 Å². The van der Waals surface area contributed by atoms with Crippen LogP contribution in [0.5, 0.6) is 0 Å². The highest BCUT2D eigenvalue weighted by molar-refractivity contribution is 6.30. The van der Waals surface area contributed by atoms with Crippen molar-refractivity contribution in [3.8, 4) is 11.1 Å². The Balaban J connectivity index is 1.62. The molecule has 0 bridgehead atoms. The highest BCUT2D eigenvalue weighted by Gasteiger charge is 2.18. The Morgan fingerprint density at radius 3 is 2.81 bits per heavy atom. The van der Waals surface area contributed by atoms with Crippen LogP contribution in [0.4, 0.5) is 0 Å². The second-order valence-electron chi connectivity index (χ2n) is 6.77. The van der Waals surface area contributed by atoms with Gasteiger partial charge in [0.25, 0.3) is 5.56 Å². The van der Waals surface area contributed by atoms with Gasteiger partial charge in [-0.2, -0.15) is 5.10 Å². The summed E-state index contributed by atoms with van der Waals surface area (Å²) in [6, 6.07) is 9.46. The van der Waals surface area contributed by atoms with Crippen LogP contribution in [0.15, 0.2) is 53.7 Å². The fraction of sp³-hybridized carbons (Fsp3) is 0.250. The molecule has 1 atom stereocenters. The number of fused-ring (bicyclic) bond motifs is 3. The van der Waals surface area contributed by atoms with E-state index in [-0.39, 0.29) is 11.7 Å². The summed E-state index contributed by atoms with van der Waals surface area (Å²) in [4.78, 5) is 17.4. The topological polar surface area (TPSA) is 61.4 Å². The Bertz CT molecular complexity index is 1190. The largest absolute Gasteiger partial charge is 0.376 e. The van der Waals surface area contributed by atoms with E-state index in [0.717, 1.165) is 36.1 Å². The van der Waals surface area contributed by atoms with Crippen LogP contribution >= 0.6 is 11.6 Å². The number of ether oxygens (including phenoxy) is 1. The molecule has 3 aromatic heterocycles. The molecule has 1 fully saturated rings. The van der Waals surface area contributed by atoms with Crippen molar-refractivity contribution >= 4 is 28.2 Å². The van der Waals surface area contributed by atoms with E-state index in [0.29, 0.717) is 22.6 Å². The van der Waals surface area contributed by atoms with Crippen molar-refractivity contribution in [2.24, 2.45) is 0 Å². The first-order valence-electron chi connectivity index (χ1n) is 8.94. The first-order chi connectivity index (χ1) is 13.2. The van der Waals surface area contributed by atoms with Gasteiger partial charge in [0, 0.05) is 29.6 Å². The molecule has 1 aliphatic heterocycles. The molecule has 4 aromatic rings. The van der Waals surface area contributed by atoms with Crippen LogP contribution < -0.4 is 5.56 Å². The third-order valence-corrected chi connectivity index (χ3v) is 5.30. The lowest BCUT2D eigenvalue weighted by Gasteiger charge is -2.12. The van der Waals surface area contributed by atoms with Crippen LogP contribution in [0, 0.1) is 0 Å². The Labute approximate surface area is 160 Å². The van der Waals surface area contributed by atoms with Crippen molar-refractivity contribution in [2.45, 2.75) is 25.5 Å². The monoisotopic (exact) mass is 380 g/mol. The third-order valence-electron chi connectivity index (χ3n) is 5.05. The molecule has 0 spiro atoms. The van der Waals surface area contributed by atoms with Crippen molar-refractivity contribution in [1.29, 1.82) is 0 Å². The van der Waals surface area contributed by atoms with Crippen LogP contribution in [0.2, 0.25) is 5.02 Å². The maximum absolute atomic E-state index is 12.9. The van der Waals surface area contributed by atoms with Crippen molar-refractivity contribution in [3.63, 3.8) is 0 Å². The minimum atomic E-state index is -0.0686. The van der Waals surface area contributed by atoms with Crippen LogP contribution in [-0.2, 0) is 11.3 Å². The van der Waals surface area contributed by atoms with Gasteiger partial charge in [-0.05, 0) is 36.6 Å². The van der Waals surface area contributed by atoms with E-state index in [2.05, 4.69) is 10.1 Å². The second-order valence-corrected chi connectivity index (χ2v) is 7.20. The van der Waals surface area contributed by atoms with Crippen LogP contribution in [0.25, 0.3) is 27.7 Å². The standard InChI is InChI=1S/C20H17ClN4O2/c21-14-5-3-13(4-6-14)16-11-23-25-18-7-8-24(12-15-2-1-9-27-15)20(26)17(18)10-22-19(16)25/h3-8,10-11,15H,1-2,9,12H2/t15-/m0/s1. The predicted octanol–water partition coefficient (Wildman–Crippen LogP) is 3.54. The molecule has 1 saturated heterocycles. The molecular weight excluding hydrogens is 364 g/mol. The minimum Gasteiger partial charge on any atom is -0.376 e. The first-order valence-corrected chi connectivity index (χ1v) is 9.32. The maximum Gasteiger partial charge on any atom is 0.261 e. The van der Waals surface area contributed by atoms with Gasteiger partial charge in [0.2, 0.25) is 0 Å². The van der Waals surface area contributed by atoms with Crippen LogP contribution in [0.1, 0.15) is 12.8 Å². The Morgan fingerprint density at radius 2 is 2.04 bits per heavy atom. The summed E-state index contributed by atoms with van der Waals surface area (Å²) in [5.74, 6) is 0. The number of hydrogen-bond acceptors (Lipinski definition) is 4. The van der Waals surface area contributed by atoms with Gasteiger partial charge in [-0.3, -0.25) is 4.79 Å². The van der Waals surface area contributed by atoms with E-state index in [1.807, 2.05) is 36.5 Å². The zero-order valence-electron chi connectivity index (χ0n) is 14.5. The van der Waals surface area contributed by atoms with Gasteiger partial charge in [-0.25, -0.2) is 9.50 Å². The average Bonchev–Trinajstić information content (AvgIpc) is 3.34. The fourth-order valence-corrected chi connectivity index (χ4v) is 3.77. The zero-order chi connectivity index (χ0) is 18.4. The fourth-order valence-electron chi connectivity index (χ4n) is 3.64. The maximum atomic E-state index is 12.9. The first kappa shape index (κ1) is 16.5. The number of aromatic nitrogens is 4. The van der Waals surface area contributed by atoms with E-state index >= 15 is 0 Å². The number of hydrogen-bond donors (Lipinski definition) is 0. The number of benzene rings is 1. The molecule has 1 aliphatic rings. The molecule has 5 rings (SSSR count). The number of halogens is 1. The molecule has 0 unspecified atom stereocenters. The Hall–Kier alpha value is -2.70. The van der Waals surface area contributed by atoms with Crippen LogP contribution in [0.3, 0.4) is 0 Å². The molecule has 0 aliphatic carbocycles. The minimum absolute atomic E-state index is 0.0686. The van der Waals surface area contributed by atoms with E-state index in [1.165, 1.54) is 0 Å². The molecule has 27 heavy (non-hydrogen) atoms. The molecule has 0 saturated carbocycles. The van der Waals surface area contributed by atoms with Gasteiger partial charge >= 0.3 is 0 Å². The van der Waals surface area contributed by atoms with E-state index in [4.69, 9.17) is 16.3 Å². The van der Waals surface area contributed by atoms with E-state index in [1.54, 1.807) is 21.5 Å². The van der Waals surface area contributed by atoms with Crippen molar-refractivity contribution < 1.29 is 4.74 Å². The van der Waals surface area contributed by atoms with Gasteiger partial charge in [0.05, 0.1) is 29.7 Å². The van der Waals surface area contributed by atoms with Crippen LogP contribution in [-0.4, -0.2) is 31.9 Å². The summed E-state index contributed by atoms with van der Waals surface area (Å²) in [5, 5.41) is 5.70. The van der Waals surface area contributed by atoms with Crippen molar-refractivity contribution in [2.75, 3.05) is 6.61 Å². The van der Waals surface area contributed by atoms with Crippen molar-refractivity contribution in [1.82, 2.24) is 19.2 Å². The molecule has 4 heterocycles. The molecule has 1 aromatic carbocycles. The normalized spacial score (nSPS) is 17.1. The lowest BCUT2D eigenvalue weighted by molar-refractivity contribution is 0.0963. The quantitative estimate of drug-likeness (QED) is 0.545. The van der Waals surface area contributed by atoms with E-state index < -0.39 is 0 Å². The lowest BCUT2D eigenvalue weighted by Crippen LogP contribution is -2.26. The second kappa shape index (κ2) is 6.48. The smallest absolute Gasteiger partial charge is 0.261 e. The van der Waals surface area contributed by atoms with Gasteiger partial charge in [0.15, 0.2) is 5.65 Å². The molecule has 136 valence electrons. The Morgan fingerprint density at radius 1 is 1.19 bits per heavy atom. The molecule has 0 N–H and O–H groups in total. The van der Waals surface area contributed by atoms with E-state index in [9.17, 15) is 4.79 Å².